The summed E-state index contributed by atoms with van der Waals surface area (Å²) in [6, 6.07) is 15.9. The molecule has 1 aliphatic heterocycles. The molecular weight excluding hydrogens is 480 g/mol. The monoisotopic (exact) mass is 520 g/mol. The Hall–Kier alpha value is -2.97. The Morgan fingerprint density at radius 3 is 2.55 bits per heavy atom. The molecule has 2 aromatic carbocycles. The highest BCUT2D eigenvalue weighted by molar-refractivity contribution is 5.84. The zero-order valence-electron chi connectivity index (χ0n) is 22.3. The van der Waals surface area contributed by atoms with Crippen LogP contribution in [0.2, 0.25) is 0 Å². The van der Waals surface area contributed by atoms with E-state index in [2.05, 4.69) is 30.3 Å². The van der Waals surface area contributed by atoms with Crippen molar-refractivity contribution in [3.8, 4) is 0 Å². The third-order valence-electron chi connectivity index (χ3n) is 7.48. The molecule has 0 aromatic heterocycles. The molecule has 7 heteroatoms. The van der Waals surface area contributed by atoms with Crippen molar-refractivity contribution in [2.75, 3.05) is 25.0 Å². The van der Waals surface area contributed by atoms with Gasteiger partial charge in [-0.15, -0.1) is 6.58 Å². The summed E-state index contributed by atoms with van der Waals surface area (Å²) in [7, 11) is 0. The van der Waals surface area contributed by atoms with Gasteiger partial charge < -0.3 is 19.3 Å². The molecular formula is C31H40N2O5. The third-order valence-corrected chi connectivity index (χ3v) is 7.48. The molecule has 1 saturated carbocycles. The van der Waals surface area contributed by atoms with Crippen LogP contribution in [0, 0.1) is 5.92 Å². The maximum Gasteiger partial charge on any atom is 0.411 e. The molecule has 38 heavy (non-hydrogen) atoms. The van der Waals surface area contributed by atoms with Gasteiger partial charge in [0.2, 0.25) is 0 Å². The van der Waals surface area contributed by atoms with Gasteiger partial charge in [0.25, 0.3) is 0 Å². The summed E-state index contributed by atoms with van der Waals surface area (Å²) < 4.78 is 18.3. The first kappa shape index (κ1) is 28.0. The Morgan fingerprint density at radius 1 is 1.11 bits per heavy atom. The van der Waals surface area contributed by atoms with Gasteiger partial charge in [-0.05, 0) is 36.1 Å². The van der Waals surface area contributed by atoms with Gasteiger partial charge in [-0.25, -0.2) is 4.79 Å². The Morgan fingerprint density at radius 2 is 1.87 bits per heavy atom. The molecule has 1 aliphatic carbocycles. The lowest BCUT2D eigenvalue weighted by molar-refractivity contribution is -0.276. The lowest BCUT2D eigenvalue weighted by Crippen LogP contribution is -2.47. The predicted molar refractivity (Wildman–Crippen MR) is 149 cm³/mol. The fourth-order valence-corrected chi connectivity index (χ4v) is 5.42. The van der Waals surface area contributed by atoms with Gasteiger partial charge in [-0.1, -0.05) is 74.9 Å². The van der Waals surface area contributed by atoms with Crippen molar-refractivity contribution in [3.63, 3.8) is 0 Å². The SMILES string of the molecule is C=CCOC(=O)Nc1cccc([C@@H]2O[C@H](CN(CC=C)C3CCCC3)[C@H](C)[C@H](c3ccc(CO)cc3)O2)c1. The zero-order chi connectivity index (χ0) is 26.9. The summed E-state index contributed by atoms with van der Waals surface area (Å²) in [6.45, 7) is 11.5. The van der Waals surface area contributed by atoms with E-state index >= 15 is 0 Å². The van der Waals surface area contributed by atoms with Crippen LogP contribution in [0.4, 0.5) is 10.5 Å². The van der Waals surface area contributed by atoms with Gasteiger partial charge in [-0.2, -0.15) is 0 Å². The van der Waals surface area contributed by atoms with E-state index in [1.165, 1.54) is 31.8 Å². The standard InChI is InChI=1S/C31H40N2O5/c1-4-17-33(27-11-6-7-12-27)20-28-22(3)29(24-15-13-23(21-34)14-16-24)38-30(37-28)25-9-8-10-26(19-25)32-31(35)36-18-5-2/h4-5,8-10,13-16,19,22,27-30,34H,1-2,6-7,11-12,17-18,20-21H2,3H3,(H,32,35)/t22-,28+,29+,30+/m0/s1. The lowest BCUT2D eigenvalue weighted by Gasteiger charge is -2.43. The van der Waals surface area contributed by atoms with Gasteiger partial charge in [0.05, 0.1) is 18.8 Å². The molecule has 0 bridgehead atoms. The van der Waals surface area contributed by atoms with Crippen LogP contribution < -0.4 is 5.32 Å². The summed E-state index contributed by atoms with van der Waals surface area (Å²) >= 11 is 0. The molecule has 1 amide bonds. The average Bonchev–Trinajstić information content (AvgIpc) is 3.48. The molecule has 2 aromatic rings. The van der Waals surface area contributed by atoms with E-state index in [9.17, 15) is 9.90 Å². The van der Waals surface area contributed by atoms with Crippen LogP contribution in [0.3, 0.4) is 0 Å². The molecule has 2 aliphatic rings. The topological polar surface area (TPSA) is 80.3 Å². The molecule has 2 fully saturated rings. The van der Waals surface area contributed by atoms with Gasteiger partial charge in [-0.3, -0.25) is 10.2 Å². The van der Waals surface area contributed by atoms with E-state index in [1.54, 1.807) is 6.07 Å². The van der Waals surface area contributed by atoms with Crippen LogP contribution in [-0.2, 0) is 20.8 Å². The number of rotatable bonds is 11. The van der Waals surface area contributed by atoms with Crippen LogP contribution >= 0.6 is 0 Å². The minimum absolute atomic E-state index is 0.00263. The average molecular weight is 521 g/mol. The van der Waals surface area contributed by atoms with Crippen molar-refractivity contribution in [2.45, 2.75) is 63.8 Å². The Labute approximate surface area is 226 Å². The minimum Gasteiger partial charge on any atom is -0.445 e. The number of carbonyl (C=O) groups excluding carboxylic acids is 1. The molecule has 7 nitrogen and oxygen atoms in total. The lowest BCUT2D eigenvalue weighted by atomic mass is 9.89. The third kappa shape index (κ3) is 7.11. The van der Waals surface area contributed by atoms with Crippen molar-refractivity contribution in [2.24, 2.45) is 5.92 Å². The molecule has 1 saturated heterocycles. The molecule has 4 atom stereocenters. The van der Waals surface area contributed by atoms with Gasteiger partial charge in [0.15, 0.2) is 6.29 Å². The quantitative estimate of drug-likeness (QED) is 0.347. The highest BCUT2D eigenvalue weighted by Crippen LogP contribution is 2.42. The first-order valence-electron chi connectivity index (χ1n) is 13.5. The van der Waals surface area contributed by atoms with E-state index in [0.717, 1.165) is 29.8 Å². The number of aliphatic hydroxyl groups is 1. The molecule has 0 unspecified atom stereocenters. The van der Waals surface area contributed by atoms with E-state index in [0.29, 0.717) is 11.7 Å². The smallest absolute Gasteiger partial charge is 0.411 e. The number of nitrogens with zero attached hydrogens (tertiary/aromatic N) is 1. The van der Waals surface area contributed by atoms with Gasteiger partial charge in [0.1, 0.15) is 6.61 Å². The summed E-state index contributed by atoms with van der Waals surface area (Å²) in [5.41, 5.74) is 3.33. The minimum atomic E-state index is -0.612. The highest BCUT2D eigenvalue weighted by atomic mass is 16.7. The van der Waals surface area contributed by atoms with Crippen LogP contribution in [0.15, 0.2) is 73.8 Å². The second-order valence-electron chi connectivity index (χ2n) is 10.1. The van der Waals surface area contributed by atoms with E-state index in [-0.39, 0.29) is 31.3 Å². The number of hydrogen-bond donors (Lipinski definition) is 2. The van der Waals surface area contributed by atoms with Crippen LogP contribution in [0.25, 0.3) is 0 Å². The Kier molecular flexibility index (Phi) is 10.1. The molecule has 1 heterocycles. The predicted octanol–water partition coefficient (Wildman–Crippen LogP) is 6.14. The fraction of sp³-hybridized carbons (Fsp3) is 0.452. The Balaban J connectivity index is 1.59. The molecule has 0 radical (unpaired) electrons. The maximum atomic E-state index is 12.1. The number of aliphatic hydroxyl groups excluding tert-OH is 1. The number of anilines is 1. The second kappa shape index (κ2) is 13.7. The number of ether oxygens (including phenoxy) is 3. The van der Waals surface area contributed by atoms with Crippen molar-refractivity contribution in [1.82, 2.24) is 4.90 Å². The largest absolute Gasteiger partial charge is 0.445 e. The number of hydrogen-bond acceptors (Lipinski definition) is 6. The molecule has 0 spiro atoms. The number of benzene rings is 2. The van der Waals surface area contributed by atoms with Crippen molar-refractivity contribution in [3.05, 3.63) is 90.5 Å². The number of amides is 1. The normalized spacial score (nSPS) is 23.8. The van der Waals surface area contributed by atoms with Crippen molar-refractivity contribution >= 4 is 11.8 Å². The van der Waals surface area contributed by atoms with E-state index in [1.807, 2.05) is 48.5 Å². The van der Waals surface area contributed by atoms with Crippen LogP contribution in [0.1, 0.15) is 61.7 Å². The summed E-state index contributed by atoms with van der Waals surface area (Å²) in [6.07, 6.45) is 7.01. The highest BCUT2D eigenvalue weighted by Gasteiger charge is 2.40. The van der Waals surface area contributed by atoms with Crippen LogP contribution in [-0.4, -0.2) is 47.9 Å². The first-order valence-corrected chi connectivity index (χ1v) is 13.5. The zero-order valence-corrected chi connectivity index (χ0v) is 22.3. The fourth-order valence-electron chi connectivity index (χ4n) is 5.42. The van der Waals surface area contributed by atoms with E-state index < -0.39 is 12.4 Å². The first-order chi connectivity index (χ1) is 18.5. The summed E-state index contributed by atoms with van der Waals surface area (Å²) in [5, 5.41) is 12.3. The Bertz CT molecular complexity index is 1070. The van der Waals surface area contributed by atoms with Crippen molar-refractivity contribution in [1.29, 1.82) is 0 Å². The van der Waals surface area contributed by atoms with E-state index in [4.69, 9.17) is 14.2 Å². The number of carbonyl (C=O) groups is 1. The number of nitrogens with one attached hydrogen (secondary N) is 1. The van der Waals surface area contributed by atoms with Crippen molar-refractivity contribution < 1.29 is 24.1 Å². The molecule has 4 rings (SSSR count). The summed E-state index contributed by atoms with van der Waals surface area (Å²) in [4.78, 5) is 14.6. The van der Waals surface area contributed by atoms with Gasteiger partial charge >= 0.3 is 6.09 Å². The second-order valence-corrected chi connectivity index (χ2v) is 10.1. The summed E-state index contributed by atoms with van der Waals surface area (Å²) in [5.74, 6) is 0.0927. The van der Waals surface area contributed by atoms with Gasteiger partial charge in [0, 0.05) is 36.3 Å². The molecule has 204 valence electrons. The molecule has 2 N–H and O–H groups in total. The van der Waals surface area contributed by atoms with Crippen LogP contribution in [0.5, 0.6) is 0 Å². The maximum absolute atomic E-state index is 12.1.